The van der Waals surface area contributed by atoms with Gasteiger partial charge < -0.3 is 5.32 Å². The van der Waals surface area contributed by atoms with Crippen molar-refractivity contribution in [2.45, 2.75) is 13.8 Å². The maximum Gasteiger partial charge on any atom is 0.129 e. The number of aromatic nitrogens is 2. The largest absolute Gasteiger partial charge is 0.373 e. The second kappa shape index (κ2) is 2.64. The SMILES string of the molecule is CNc1cc(C)nc(C)n1. The van der Waals surface area contributed by atoms with Crippen LogP contribution in [-0.2, 0) is 0 Å². The van der Waals surface area contributed by atoms with Crippen LogP contribution in [-0.4, -0.2) is 17.0 Å². The van der Waals surface area contributed by atoms with E-state index in [1.54, 1.807) is 0 Å². The van der Waals surface area contributed by atoms with Gasteiger partial charge in [-0.2, -0.15) is 0 Å². The molecule has 3 heteroatoms. The highest BCUT2D eigenvalue weighted by atomic mass is 15.0. The second-order valence-electron chi connectivity index (χ2n) is 2.19. The van der Waals surface area contributed by atoms with E-state index >= 15 is 0 Å². The van der Waals surface area contributed by atoms with E-state index in [1.807, 2.05) is 27.0 Å². The van der Waals surface area contributed by atoms with Crippen LogP contribution >= 0.6 is 0 Å². The molecule has 0 aromatic carbocycles. The van der Waals surface area contributed by atoms with E-state index in [1.165, 1.54) is 0 Å². The summed E-state index contributed by atoms with van der Waals surface area (Å²) in [7, 11) is 1.85. The molecule has 1 heterocycles. The molecule has 1 rings (SSSR count). The van der Waals surface area contributed by atoms with E-state index in [-0.39, 0.29) is 0 Å². The Kier molecular flexibility index (Phi) is 1.85. The van der Waals surface area contributed by atoms with Crippen LogP contribution in [0.15, 0.2) is 6.07 Å². The predicted molar refractivity (Wildman–Crippen MR) is 41.1 cm³/mol. The summed E-state index contributed by atoms with van der Waals surface area (Å²) in [5, 5.41) is 2.96. The van der Waals surface area contributed by atoms with Crippen molar-refractivity contribution in [3.05, 3.63) is 17.6 Å². The number of nitrogens with zero attached hydrogens (tertiary/aromatic N) is 2. The van der Waals surface area contributed by atoms with Crippen molar-refractivity contribution in [3.63, 3.8) is 0 Å². The van der Waals surface area contributed by atoms with Crippen molar-refractivity contribution in [1.82, 2.24) is 9.97 Å². The fourth-order valence-electron chi connectivity index (χ4n) is 0.845. The smallest absolute Gasteiger partial charge is 0.129 e. The summed E-state index contributed by atoms with van der Waals surface area (Å²) < 4.78 is 0. The van der Waals surface area contributed by atoms with Gasteiger partial charge in [0, 0.05) is 18.8 Å². The minimum atomic E-state index is 0.810. The van der Waals surface area contributed by atoms with Gasteiger partial charge in [0.1, 0.15) is 11.6 Å². The van der Waals surface area contributed by atoms with Gasteiger partial charge in [0.25, 0.3) is 0 Å². The van der Waals surface area contributed by atoms with Gasteiger partial charge >= 0.3 is 0 Å². The number of hydrogen-bond donors (Lipinski definition) is 1. The Balaban J connectivity index is 3.06. The summed E-state index contributed by atoms with van der Waals surface area (Å²) in [4.78, 5) is 8.26. The Morgan fingerprint density at radius 3 is 2.50 bits per heavy atom. The summed E-state index contributed by atoms with van der Waals surface area (Å²) in [5.74, 6) is 1.69. The molecule has 0 atom stereocenters. The number of rotatable bonds is 1. The number of aryl methyl sites for hydroxylation is 2. The molecule has 0 saturated carbocycles. The van der Waals surface area contributed by atoms with Gasteiger partial charge in [-0.3, -0.25) is 0 Å². The average molecular weight is 137 g/mol. The standard InChI is InChI=1S/C7H11N3/c1-5-4-7(8-3)10-6(2)9-5/h4H,1-3H3,(H,8,9,10). The summed E-state index contributed by atoms with van der Waals surface area (Å²) in [6.07, 6.45) is 0. The van der Waals surface area contributed by atoms with Crippen molar-refractivity contribution in [1.29, 1.82) is 0 Å². The first kappa shape index (κ1) is 6.99. The van der Waals surface area contributed by atoms with Gasteiger partial charge in [-0.05, 0) is 13.8 Å². The molecule has 0 aliphatic carbocycles. The summed E-state index contributed by atoms with van der Waals surface area (Å²) in [6, 6.07) is 1.91. The molecule has 54 valence electrons. The highest BCUT2D eigenvalue weighted by Gasteiger charge is 1.93. The first-order valence-electron chi connectivity index (χ1n) is 3.22. The molecule has 1 aromatic rings. The van der Waals surface area contributed by atoms with E-state index in [0.717, 1.165) is 17.3 Å². The molecule has 1 aromatic heterocycles. The first-order valence-corrected chi connectivity index (χ1v) is 3.22. The quantitative estimate of drug-likeness (QED) is 0.630. The Morgan fingerprint density at radius 2 is 2.00 bits per heavy atom. The van der Waals surface area contributed by atoms with Crippen LogP contribution in [0.4, 0.5) is 5.82 Å². The number of anilines is 1. The Hall–Kier alpha value is -1.12. The van der Waals surface area contributed by atoms with E-state index in [4.69, 9.17) is 0 Å². The van der Waals surface area contributed by atoms with E-state index in [9.17, 15) is 0 Å². The molecule has 0 unspecified atom stereocenters. The molecule has 10 heavy (non-hydrogen) atoms. The molecule has 0 aliphatic rings. The fraction of sp³-hybridized carbons (Fsp3) is 0.429. The Morgan fingerprint density at radius 1 is 1.30 bits per heavy atom. The van der Waals surface area contributed by atoms with Crippen LogP contribution in [0.25, 0.3) is 0 Å². The highest BCUT2D eigenvalue weighted by Crippen LogP contribution is 2.03. The van der Waals surface area contributed by atoms with Crippen molar-refractivity contribution in [3.8, 4) is 0 Å². The van der Waals surface area contributed by atoms with Crippen molar-refractivity contribution in [2.24, 2.45) is 0 Å². The Labute approximate surface area is 60.5 Å². The van der Waals surface area contributed by atoms with E-state index in [0.29, 0.717) is 0 Å². The zero-order valence-corrected chi connectivity index (χ0v) is 6.47. The van der Waals surface area contributed by atoms with Crippen molar-refractivity contribution in [2.75, 3.05) is 12.4 Å². The predicted octanol–water partition coefficient (Wildman–Crippen LogP) is 1.14. The molecule has 0 spiro atoms. The van der Waals surface area contributed by atoms with Gasteiger partial charge in [0.2, 0.25) is 0 Å². The topological polar surface area (TPSA) is 37.8 Å². The fourth-order valence-corrected chi connectivity index (χ4v) is 0.845. The van der Waals surface area contributed by atoms with Gasteiger partial charge in [-0.1, -0.05) is 0 Å². The van der Waals surface area contributed by atoms with Crippen LogP contribution in [0.1, 0.15) is 11.5 Å². The molecule has 0 aliphatic heterocycles. The molecule has 3 nitrogen and oxygen atoms in total. The second-order valence-corrected chi connectivity index (χ2v) is 2.19. The molecular formula is C7H11N3. The summed E-state index contributed by atoms with van der Waals surface area (Å²) in [5.41, 5.74) is 0.997. The maximum atomic E-state index is 4.13. The molecule has 1 N–H and O–H groups in total. The Bertz CT molecular complexity index is 212. The van der Waals surface area contributed by atoms with Crippen LogP contribution in [0.3, 0.4) is 0 Å². The molecule has 0 amide bonds. The summed E-state index contributed by atoms with van der Waals surface area (Å²) >= 11 is 0. The zero-order chi connectivity index (χ0) is 7.56. The van der Waals surface area contributed by atoms with Crippen LogP contribution in [0.5, 0.6) is 0 Å². The average Bonchev–Trinajstić information content (AvgIpc) is 1.85. The van der Waals surface area contributed by atoms with Gasteiger partial charge in [0.15, 0.2) is 0 Å². The maximum absolute atomic E-state index is 4.13. The number of hydrogen-bond acceptors (Lipinski definition) is 3. The monoisotopic (exact) mass is 137 g/mol. The van der Waals surface area contributed by atoms with Crippen molar-refractivity contribution >= 4 is 5.82 Å². The molecule has 0 radical (unpaired) electrons. The lowest BCUT2D eigenvalue weighted by atomic mass is 10.4. The normalized spacial score (nSPS) is 9.50. The van der Waals surface area contributed by atoms with Gasteiger partial charge in [0.05, 0.1) is 0 Å². The highest BCUT2D eigenvalue weighted by molar-refractivity contribution is 5.34. The van der Waals surface area contributed by atoms with Crippen LogP contribution in [0, 0.1) is 13.8 Å². The van der Waals surface area contributed by atoms with E-state index < -0.39 is 0 Å². The number of nitrogens with one attached hydrogen (secondary N) is 1. The van der Waals surface area contributed by atoms with Gasteiger partial charge in [-0.15, -0.1) is 0 Å². The lowest BCUT2D eigenvalue weighted by Crippen LogP contribution is -1.97. The molecule has 0 bridgehead atoms. The minimum Gasteiger partial charge on any atom is -0.373 e. The minimum absolute atomic E-state index is 0.810. The molecule has 0 fully saturated rings. The van der Waals surface area contributed by atoms with Gasteiger partial charge in [-0.25, -0.2) is 9.97 Å². The third kappa shape index (κ3) is 1.43. The van der Waals surface area contributed by atoms with Crippen molar-refractivity contribution < 1.29 is 0 Å². The molecular weight excluding hydrogens is 126 g/mol. The van der Waals surface area contributed by atoms with E-state index in [2.05, 4.69) is 15.3 Å². The molecule has 0 saturated heterocycles. The zero-order valence-electron chi connectivity index (χ0n) is 6.47. The summed E-state index contributed by atoms with van der Waals surface area (Å²) in [6.45, 7) is 3.84. The van der Waals surface area contributed by atoms with Crippen LogP contribution < -0.4 is 5.32 Å². The lowest BCUT2D eigenvalue weighted by molar-refractivity contribution is 1.01. The lowest BCUT2D eigenvalue weighted by Gasteiger charge is -2.00. The third-order valence-electron chi connectivity index (χ3n) is 1.22. The third-order valence-corrected chi connectivity index (χ3v) is 1.22. The first-order chi connectivity index (χ1) is 4.72. The van der Waals surface area contributed by atoms with Crippen LogP contribution in [0.2, 0.25) is 0 Å².